The predicted octanol–water partition coefficient (Wildman–Crippen LogP) is 4.55. The van der Waals surface area contributed by atoms with Gasteiger partial charge >= 0.3 is 6.18 Å². The molecule has 0 saturated carbocycles. The van der Waals surface area contributed by atoms with Gasteiger partial charge in [0.2, 0.25) is 5.43 Å². The zero-order valence-corrected chi connectivity index (χ0v) is 18.0. The third-order valence-corrected chi connectivity index (χ3v) is 5.25. The molecule has 3 aromatic rings. The quantitative estimate of drug-likeness (QED) is 0.601. The van der Waals surface area contributed by atoms with E-state index in [1.165, 1.54) is 26.5 Å². The lowest BCUT2D eigenvalue weighted by Crippen LogP contribution is -2.32. The van der Waals surface area contributed by atoms with E-state index in [0.29, 0.717) is 29.1 Å². The monoisotopic (exact) mass is 448 g/mol. The number of hydrogen-bond acceptors (Lipinski definition) is 4. The second-order valence-corrected chi connectivity index (χ2v) is 7.20. The topological polar surface area (TPSA) is 69.6 Å². The van der Waals surface area contributed by atoms with Gasteiger partial charge in [0, 0.05) is 18.1 Å². The maximum Gasteiger partial charge on any atom is 0.416 e. The van der Waals surface area contributed by atoms with E-state index in [9.17, 15) is 22.8 Å². The van der Waals surface area contributed by atoms with Gasteiger partial charge in [0.25, 0.3) is 5.91 Å². The lowest BCUT2D eigenvalue weighted by molar-refractivity contribution is -0.137. The first kappa shape index (κ1) is 23.2. The van der Waals surface area contributed by atoms with Gasteiger partial charge in [0.05, 0.1) is 31.3 Å². The molecular weight excluding hydrogens is 425 g/mol. The van der Waals surface area contributed by atoms with Gasteiger partial charge < -0.3 is 19.4 Å². The molecule has 1 N–H and O–H groups in total. The van der Waals surface area contributed by atoms with Crippen LogP contribution < -0.4 is 20.2 Å². The smallest absolute Gasteiger partial charge is 0.416 e. The molecule has 0 saturated heterocycles. The third-order valence-electron chi connectivity index (χ3n) is 5.25. The molecule has 32 heavy (non-hydrogen) atoms. The van der Waals surface area contributed by atoms with Crippen molar-refractivity contribution in [3.8, 4) is 11.5 Å². The van der Waals surface area contributed by atoms with Gasteiger partial charge in [0.15, 0.2) is 11.5 Å². The molecule has 1 amide bonds. The minimum Gasteiger partial charge on any atom is -0.493 e. The predicted molar refractivity (Wildman–Crippen MR) is 114 cm³/mol. The van der Waals surface area contributed by atoms with Gasteiger partial charge in [0.1, 0.15) is 5.56 Å². The number of ether oxygens (including phenoxy) is 2. The number of halogens is 3. The lowest BCUT2D eigenvalue weighted by atomic mass is 10.1. The van der Waals surface area contributed by atoms with Crippen LogP contribution in [0.1, 0.15) is 41.4 Å². The Bertz CT molecular complexity index is 1220. The number of carbonyl (C=O) groups is 1. The Kier molecular flexibility index (Phi) is 6.47. The number of alkyl halides is 3. The SMILES string of the molecule is CCn1cc(C(=O)N[C@@H](C)c2ccc(OC)c(OC)c2)c(=O)c2cc(C(F)(F)F)ccc21. The van der Waals surface area contributed by atoms with Crippen LogP contribution in [0.3, 0.4) is 0 Å². The average molecular weight is 448 g/mol. The molecule has 0 radical (unpaired) electrons. The molecule has 6 nitrogen and oxygen atoms in total. The van der Waals surface area contributed by atoms with Crippen LogP contribution in [-0.4, -0.2) is 24.7 Å². The number of nitrogens with one attached hydrogen (secondary N) is 1. The van der Waals surface area contributed by atoms with Crippen LogP contribution in [0.25, 0.3) is 10.9 Å². The third kappa shape index (κ3) is 4.42. The van der Waals surface area contributed by atoms with Crippen LogP contribution in [-0.2, 0) is 12.7 Å². The van der Waals surface area contributed by atoms with E-state index in [1.54, 1.807) is 36.6 Å². The molecule has 0 aliphatic rings. The molecule has 2 aromatic carbocycles. The second-order valence-electron chi connectivity index (χ2n) is 7.20. The van der Waals surface area contributed by atoms with Gasteiger partial charge in [-0.25, -0.2) is 0 Å². The molecule has 170 valence electrons. The summed E-state index contributed by atoms with van der Waals surface area (Å²) in [6, 6.07) is 7.59. The summed E-state index contributed by atoms with van der Waals surface area (Å²) in [7, 11) is 2.99. The number of aromatic nitrogens is 1. The zero-order chi connectivity index (χ0) is 23.6. The summed E-state index contributed by atoms with van der Waals surface area (Å²) in [5.41, 5.74) is -0.901. The summed E-state index contributed by atoms with van der Waals surface area (Å²) in [6.45, 7) is 3.86. The van der Waals surface area contributed by atoms with Crippen molar-refractivity contribution in [2.24, 2.45) is 0 Å². The first-order valence-electron chi connectivity index (χ1n) is 9.87. The van der Waals surface area contributed by atoms with E-state index in [-0.39, 0.29) is 10.9 Å². The van der Waals surface area contributed by atoms with E-state index in [0.717, 1.165) is 12.1 Å². The highest BCUT2D eigenvalue weighted by Crippen LogP contribution is 2.31. The number of benzene rings is 2. The molecule has 0 spiro atoms. The van der Waals surface area contributed by atoms with Crippen molar-refractivity contribution in [2.45, 2.75) is 32.6 Å². The van der Waals surface area contributed by atoms with Crippen LogP contribution in [0.4, 0.5) is 13.2 Å². The molecule has 0 bridgehead atoms. The minimum atomic E-state index is -4.60. The second kappa shape index (κ2) is 8.94. The van der Waals surface area contributed by atoms with Gasteiger partial charge in [-0.1, -0.05) is 6.07 Å². The standard InChI is InChI=1S/C23H23F3N2O4/c1-5-28-12-17(21(29)16-11-15(23(24,25)26)7-8-18(16)28)22(30)27-13(2)14-6-9-19(31-3)20(10-14)32-4/h6-13H,5H2,1-4H3,(H,27,30)/t13-/m0/s1. The van der Waals surface area contributed by atoms with Crippen molar-refractivity contribution < 1.29 is 27.4 Å². The normalized spacial score (nSPS) is 12.5. The summed E-state index contributed by atoms with van der Waals surface area (Å²) in [4.78, 5) is 25.9. The van der Waals surface area contributed by atoms with Crippen molar-refractivity contribution in [1.82, 2.24) is 9.88 Å². The summed E-state index contributed by atoms with van der Waals surface area (Å²) in [5.74, 6) is 0.319. The van der Waals surface area contributed by atoms with Crippen LogP contribution in [0.2, 0.25) is 0 Å². The molecule has 0 fully saturated rings. The summed E-state index contributed by atoms with van der Waals surface area (Å²) in [6.07, 6.45) is -3.23. The van der Waals surface area contributed by atoms with E-state index >= 15 is 0 Å². The van der Waals surface area contributed by atoms with E-state index in [1.807, 2.05) is 0 Å². The Morgan fingerprint density at radius 1 is 1.09 bits per heavy atom. The molecule has 1 aromatic heterocycles. The number of fused-ring (bicyclic) bond motifs is 1. The van der Waals surface area contributed by atoms with Crippen LogP contribution in [0.15, 0.2) is 47.4 Å². The fraction of sp³-hybridized carbons (Fsp3) is 0.304. The minimum absolute atomic E-state index is 0.159. The van der Waals surface area contributed by atoms with Crippen molar-refractivity contribution in [2.75, 3.05) is 14.2 Å². The Labute approximate surface area is 182 Å². The first-order valence-corrected chi connectivity index (χ1v) is 9.87. The largest absolute Gasteiger partial charge is 0.493 e. The molecular formula is C23H23F3N2O4. The molecule has 0 unspecified atom stereocenters. The van der Waals surface area contributed by atoms with Gasteiger partial charge in [-0.3, -0.25) is 9.59 Å². The average Bonchev–Trinajstić information content (AvgIpc) is 2.77. The molecule has 1 heterocycles. The molecule has 9 heteroatoms. The highest BCUT2D eigenvalue weighted by atomic mass is 19.4. The number of methoxy groups -OCH3 is 2. The highest BCUT2D eigenvalue weighted by Gasteiger charge is 2.31. The fourth-order valence-electron chi connectivity index (χ4n) is 3.48. The summed E-state index contributed by atoms with van der Waals surface area (Å²) < 4.78 is 51.5. The molecule has 1 atom stereocenters. The van der Waals surface area contributed by atoms with Crippen LogP contribution >= 0.6 is 0 Å². The van der Waals surface area contributed by atoms with Crippen LogP contribution in [0, 0.1) is 0 Å². The Hall–Kier alpha value is -3.49. The fourth-order valence-corrected chi connectivity index (χ4v) is 3.48. The number of carbonyl (C=O) groups excluding carboxylic acids is 1. The number of pyridine rings is 1. The molecule has 0 aliphatic heterocycles. The number of hydrogen-bond donors (Lipinski definition) is 1. The van der Waals surface area contributed by atoms with Crippen molar-refractivity contribution in [3.05, 3.63) is 69.5 Å². The first-order chi connectivity index (χ1) is 15.1. The summed E-state index contributed by atoms with van der Waals surface area (Å²) in [5, 5.41) is 2.57. The number of rotatable bonds is 6. The van der Waals surface area contributed by atoms with Crippen molar-refractivity contribution in [3.63, 3.8) is 0 Å². The van der Waals surface area contributed by atoms with Gasteiger partial charge in [-0.05, 0) is 49.7 Å². The van der Waals surface area contributed by atoms with E-state index in [2.05, 4.69) is 5.32 Å². The number of nitrogens with zero attached hydrogens (tertiary/aromatic N) is 1. The zero-order valence-electron chi connectivity index (χ0n) is 18.0. The van der Waals surface area contributed by atoms with E-state index in [4.69, 9.17) is 9.47 Å². The Morgan fingerprint density at radius 2 is 1.78 bits per heavy atom. The van der Waals surface area contributed by atoms with Crippen molar-refractivity contribution in [1.29, 1.82) is 0 Å². The Balaban J connectivity index is 2.00. The van der Waals surface area contributed by atoms with Gasteiger partial charge in [-0.2, -0.15) is 13.2 Å². The number of aryl methyl sites for hydroxylation is 1. The van der Waals surface area contributed by atoms with E-state index < -0.39 is 29.1 Å². The lowest BCUT2D eigenvalue weighted by Gasteiger charge is -2.18. The maximum atomic E-state index is 13.2. The Morgan fingerprint density at radius 3 is 2.38 bits per heavy atom. The summed E-state index contributed by atoms with van der Waals surface area (Å²) >= 11 is 0. The highest BCUT2D eigenvalue weighted by molar-refractivity contribution is 5.97. The van der Waals surface area contributed by atoms with Crippen LogP contribution in [0.5, 0.6) is 11.5 Å². The van der Waals surface area contributed by atoms with Crippen molar-refractivity contribution >= 4 is 16.8 Å². The molecule has 0 aliphatic carbocycles. The molecule has 3 rings (SSSR count). The van der Waals surface area contributed by atoms with Gasteiger partial charge in [-0.15, -0.1) is 0 Å². The number of amides is 1. The maximum absolute atomic E-state index is 13.2.